The second-order valence-corrected chi connectivity index (χ2v) is 11.7. The third-order valence-corrected chi connectivity index (χ3v) is 7.38. The first kappa shape index (κ1) is 35.0. The van der Waals surface area contributed by atoms with E-state index in [1.165, 1.54) is 33.4 Å². The second-order valence-electron chi connectivity index (χ2n) is 10.9. The van der Waals surface area contributed by atoms with Crippen molar-refractivity contribution >= 4 is 34.7 Å². The van der Waals surface area contributed by atoms with Crippen molar-refractivity contribution in [1.29, 1.82) is 0 Å². The van der Waals surface area contributed by atoms with Crippen molar-refractivity contribution in [3.8, 4) is 0 Å². The minimum Gasteiger partial charge on any atom is -0.359 e. The highest BCUT2D eigenvalue weighted by molar-refractivity contribution is 7.80. The second kappa shape index (κ2) is 21.5. The van der Waals surface area contributed by atoms with Crippen LogP contribution in [0.15, 0.2) is 107 Å². The summed E-state index contributed by atoms with van der Waals surface area (Å²) in [7, 11) is 0. The van der Waals surface area contributed by atoms with Gasteiger partial charge in [-0.05, 0) is 102 Å². The average Bonchev–Trinajstić information content (AvgIpc) is 2.98. The Morgan fingerprint density at radius 1 is 0.571 bits per heavy atom. The van der Waals surface area contributed by atoms with E-state index in [4.69, 9.17) is 24.4 Å². The topological polar surface area (TPSA) is 48.1 Å². The van der Waals surface area contributed by atoms with E-state index in [1.54, 1.807) is 0 Å². The SMILES string of the molecule is CC(C)=CCC/C(C)=C/CC/C(=C/CC/C(C)=C/CNC(=S)NCc1ccccc1)CNC(=S)NCc1ccccc1. The molecule has 2 aromatic rings. The Hall–Kier alpha value is -3.22. The van der Waals surface area contributed by atoms with Crippen LogP contribution in [0.3, 0.4) is 0 Å². The fraction of sp³-hybridized carbons (Fsp3) is 0.389. The molecular formula is C36H50N4S2. The number of rotatable bonds is 17. The van der Waals surface area contributed by atoms with Crippen molar-refractivity contribution in [2.24, 2.45) is 0 Å². The summed E-state index contributed by atoms with van der Waals surface area (Å²) in [6.45, 7) is 11.7. The van der Waals surface area contributed by atoms with Gasteiger partial charge in [-0.2, -0.15) is 0 Å². The first-order valence-electron chi connectivity index (χ1n) is 15.1. The Morgan fingerprint density at radius 3 is 1.64 bits per heavy atom. The highest BCUT2D eigenvalue weighted by Gasteiger charge is 2.02. The monoisotopic (exact) mass is 602 g/mol. The largest absolute Gasteiger partial charge is 0.359 e. The van der Waals surface area contributed by atoms with Gasteiger partial charge in [0.25, 0.3) is 0 Å². The van der Waals surface area contributed by atoms with E-state index >= 15 is 0 Å². The van der Waals surface area contributed by atoms with E-state index in [0.717, 1.165) is 64.7 Å². The zero-order chi connectivity index (χ0) is 30.4. The Kier molecular flexibility index (Phi) is 17.9. The predicted molar refractivity (Wildman–Crippen MR) is 190 cm³/mol. The standard InChI is InChI=1S/C36H50N4S2/c1-29(2)14-11-15-30(3)16-12-22-34(28-40-36(42)39-27-33-20-9-6-10-21-33)23-13-17-31(4)24-25-37-35(41)38-26-32-18-7-5-8-19-32/h5-10,14,16,18-21,23-24H,11-13,15,17,22,25-28H2,1-4H3,(H2,37,38,41)(H2,39,40,42)/b30-16+,31-24+,34-23-. The summed E-state index contributed by atoms with van der Waals surface area (Å²) < 4.78 is 0. The molecule has 0 aliphatic heterocycles. The maximum Gasteiger partial charge on any atom is 0.166 e. The van der Waals surface area contributed by atoms with E-state index in [2.05, 4.69) is 97.5 Å². The highest BCUT2D eigenvalue weighted by Crippen LogP contribution is 2.14. The maximum atomic E-state index is 5.57. The van der Waals surface area contributed by atoms with Gasteiger partial charge in [0.15, 0.2) is 10.2 Å². The van der Waals surface area contributed by atoms with Crippen molar-refractivity contribution in [3.05, 3.63) is 118 Å². The molecule has 0 bridgehead atoms. The molecule has 0 aliphatic rings. The van der Waals surface area contributed by atoms with Gasteiger partial charge in [0.05, 0.1) is 0 Å². The molecule has 226 valence electrons. The van der Waals surface area contributed by atoms with Gasteiger partial charge in [0.1, 0.15) is 0 Å². The lowest BCUT2D eigenvalue weighted by Crippen LogP contribution is -2.35. The van der Waals surface area contributed by atoms with Gasteiger partial charge >= 0.3 is 0 Å². The summed E-state index contributed by atoms with van der Waals surface area (Å²) in [6.07, 6.45) is 15.7. The van der Waals surface area contributed by atoms with Crippen LogP contribution in [0.4, 0.5) is 0 Å². The summed E-state index contributed by atoms with van der Waals surface area (Å²) >= 11 is 11.0. The number of benzene rings is 2. The van der Waals surface area contributed by atoms with Crippen LogP contribution in [0, 0.1) is 0 Å². The van der Waals surface area contributed by atoms with Gasteiger partial charge in [0.2, 0.25) is 0 Å². The summed E-state index contributed by atoms with van der Waals surface area (Å²) in [6, 6.07) is 20.6. The van der Waals surface area contributed by atoms with Crippen LogP contribution in [-0.2, 0) is 13.1 Å². The zero-order valence-corrected chi connectivity index (χ0v) is 27.6. The first-order valence-corrected chi connectivity index (χ1v) is 15.9. The number of allylic oxidation sites excluding steroid dienone is 6. The molecule has 0 amide bonds. The molecule has 2 rings (SSSR count). The Labute approximate surface area is 265 Å². The van der Waals surface area contributed by atoms with Gasteiger partial charge in [-0.25, -0.2) is 0 Å². The van der Waals surface area contributed by atoms with Gasteiger partial charge in [0, 0.05) is 26.2 Å². The lowest BCUT2D eigenvalue weighted by Gasteiger charge is -2.13. The molecule has 0 atom stereocenters. The highest BCUT2D eigenvalue weighted by atomic mass is 32.1. The normalized spacial score (nSPS) is 12.0. The molecule has 4 nitrogen and oxygen atoms in total. The van der Waals surface area contributed by atoms with Crippen LogP contribution in [0.5, 0.6) is 0 Å². The molecular weight excluding hydrogens is 553 g/mol. The minimum absolute atomic E-state index is 0.678. The molecule has 2 aromatic carbocycles. The summed E-state index contributed by atoms with van der Waals surface area (Å²) in [5, 5.41) is 14.7. The van der Waals surface area contributed by atoms with E-state index in [-0.39, 0.29) is 0 Å². The van der Waals surface area contributed by atoms with Crippen molar-refractivity contribution in [3.63, 3.8) is 0 Å². The molecule has 0 aromatic heterocycles. The van der Waals surface area contributed by atoms with Crippen LogP contribution in [-0.4, -0.2) is 23.3 Å². The quantitative estimate of drug-likeness (QED) is 0.108. The first-order chi connectivity index (χ1) is 20.3. The molecule has 0 unspecified atom stereocenters. The maximum absolute atomic E-state index is 5.57. The number of nitrogens with one attached hydrogen (secondary N) is 4. The van der Waals surface area contributed by atoms with Crippen molar-refractivity contribution < 1.29 is 0 Å². The van der Waals surface area contributed by atoms with Gasteiger partial charge in [-0.1, -0.05) is 107 Å². The van der Waals surface area contributed by atoms with Crippen molar-refractivity contribution in [2.45, 2.75) is 79.3 Å². The Morgan fingerprint density at radius 2 is 1.07 bits per heavy atom. The Balaban J connectivity index is 1.82. The predicted octanol–water partition coefficient (Wildman–Crippen LogP) is 8.44. The van der Waals surface area contributed by atoms with Crippen LogP contribution < -0.4 is 21.3 Å². The molecule has 0 spiro atoms. The van der Waals surface area contributed by atoms with Crippen LogP contribution >= 0.6 is 24.4 Å². The number of thiocarbonyl (C=S) groups is 2. The number of hydrogen-bond donors (Lipinski definition) is 4. The third-order valence-electron chi connectivity index (χ3n) is 6.80. The summed E-state index contributed by atoms with van der Waals surface area (Å²) in [5.74, 6) is 0. The van der Waals surface area contributed by atoms with Crippen molar-refractivity contribution in [1.82, 2.24) is 21.3 Å². The molecule has 0 saturated heterocycles. The van der Waals surface area contributed by atoms with Crippen LogP contribution in [0.2, 0.25) is 0 Å². The van der Waals surface area contributed by atoms with Gasteiger partial charge in [-0.3, -0.25) is 0 Å². The zero-order valence-electron chi connectivity index (χ0n) is 26.0. The van der Waals surface area contributed by atoms with E-state index in [9.17, 15) is 0 Å². The molecule has 4 N–H and O–H groups in total. The third kappa shape index (κ3) is 17.6. The summed E-state index contributed by atoms with van der Waals surface area (Å²) in [5.41, 5.74) is 8.03. The van der Waals surface area contributed by atoms with Gasteiger partial charge in [-0.15, -0.1) is 0 Å². The molecule has 0 saturated carbocycles. The molecule has 42 heavy (non-hydrogen) atoms. The molecule has 0 radical (unpaired) electrons. The summed E-state index contributed by atoms with van der Waals surface area (Å²) in [4.78, 5) is 0. The number of hydrogen-bond acceptors (Lipinski definition) is 2. The lowest BCUT2D eigenvalue weighted by atomic mass is 10.0. The van der Waals surface area contributed by atoms with Crippen molar-refractivity contribution in [2.75, 3.05) is 13.1 Å². The lowest BCUT2D eigenvalue weighted by molar-refractivity contribution is 0.817. The fourth-order valence-corrected chi connectivity index (χ4v) is 4.56. The molecule has 0 fully saturated rings. The molecule has 6 heteroatoms. The average molecular weight is 603 g/mol. The Bertz CT molecular complexity index is 1190. The van der Waals surface area contributed by atoms with E-state index < -0.39 is 0 Å². The molecule has 0 aliphatic carbocycles. The minimum atomic E-state index is 0.678. The molecule has 0 heterocycles. The van der Waals surface area contributed by atoms with Gasteiger partial charge < -0.3 is 21.3 Å². The van der Waals surface area contributed by atoms with E-state index in [1.807, 2.05) is 36.4 Å². The smallest absolute Gasteiger partial charge is 0.166 e. The fourth-order valence-electron chi connectivity index (χ4n) is 4.26. The van der Waals surface area contributed by atoms with E-state index in [0.29, 0.717) is 10.2 Å². The van der Waals surface area contributed by atoms with Crippen LogP contribution in [0.1, 0.15) is 77.3 Å². The van der Waals surface area contributed by atoms with Crippen LogP contribution in [0.25, 0.3) is 0 Å².